The highest BCUT2D eigenvalue weighted by Gasteiger charge is 2.47. The zero-order valence-corrected chi connectivity index (χ0v) is 25.9. The van der Waals surface area contributed by atoms with Crippen molar-refractivity contribution in [2.45, 2.75) is 62.9 Å². The molecule has 0 saturated carbocycles. The molecule has 8 heteroatoms. The summed E-state index contributed by atoms with van der Waals surface area (Å²) in [5.41, 5.74) is 3.43. The van der Waals surface area contributed by atoms with Crippen LogP contribution in [0.4, 0.5) is 25.0 Å². The molecule has 0 atom stereocenters. The minimum atomic E-state index is -0.555. The van der Waals surface area contributed by atoms with E-state index in [4.69, 9.17) is 4.74 Å². The Morgan fingerprint density at radius 2 is 1.42 bits per heavy atom. The predicted molar refractivity (Wildman–Crippen MR) is 170 cm³/mol. The minimum Gasteiger partial charge on any atom is -0.443 e. The molecule has 2 aromatic rings. The summed E-state index contributed by atoms with van der Waals surface area (Å²) in [6.45, 7) is 20.5. The fourth-order valence-corrected chi connectivity index (χ4v) is 7.16. The van der Waals surface area contributed by atoms with Crippen molar-refractivity contribution >= 4 is 17.5 Å². The predicted octanol–water partition coefficient (Wildman–Crippen LogP) is 6.87. The topological polar surface area (TPSA) is 48.1 Å². The molecule has 4 aliphatic rings. The summed E-state index contributed by atoms with van der Waals surface area (Å²) in [5.74, 6) is -0.372. The van der Waals surface area contributed by atoms with Crippen LogP contribution in [0.15, 0.2) is 61.7 Å². The molecule has 2 spiro atoms. The molecule has 6 nitrogen and oxygen atoms in total. The van der Waals surface area contributed by atoms with Crippen LogP contribution >= 0.6 is 0 Å². The van der Waals surface area contributed by atoms with Crippen LogP contribution in [-0.4, -0.2) is 73.9 Å². The van der Waals surface area contributed by atoms with Gasteiger partial charge in [-0.25, -0.2) is 13.6 Å². The van der Waals surface area contributed by atoms with Gasteiger partial charge in [-0.1, -0.05) is 12.2 Å². The smallest absolute Gasteiger partial charge is 0.414 e. The number of hydrogen-bond donors (Lipinski definition) is 1. The average Bonchev–Trinajstić information content (AvgIpc) is 3.46. The second-order valence-corrected chi connectivity index (χ2v) is 13.5. The molecule has 0 bridgehead atoms. The Bertz CT molecular complexity index is 1340. The van der Waals surface area contributed by atoms with Crippen molar-refractivity contribution in [3.05, 3.63) is 84.5 Å². The van der Waals surface area contributed by atoms with E-state index in [1.165, 1.54) is 17.7 Å². The third-order valence-electron chi connectivity index (χ3n) is 9.47. The van der Waals surface area contributed by atoms with Gasteiger partial charge in [0.05, 0.1) is 5.69 Å². The molecule has 0 aliphatic carbocycles. The van der Waals surface area contributed by atoms with Crippen LogP contribution in [0.1, 0.15) is 57.6 Å². The molecule has 0 aromatic heterocycles. The molecular formula is C35H46F2N4O2. The van der Waals surface area contributed by atoms with Gasteiger partial charge in [0.25, 0.3) is 0 Å². The molecule has 2 fully saturated rings. The number of ether oxygens (including phenoxy) is 1. The van der Waals surface area contributed by atoms with Crippen molar-refractivity contribution in [3.8, 4) is 0 Å². The molecule has 232 valence electrons. The van der Waals surface area contributed by atoms with Crippen LogP contribution in [-0.2, 0) is 15.6 Å². The van der Waals surface area contributed by atoms with Gasteiger partial charge in [0.2, 0.25) is 0 Å². The Labute approximate surface area is 255 Å². The van der Waals surface area contributed by atoms with E-state index in [-0.39, 0.29) is 28.6 Å². The number of fused-ring (bicyclic) bond motifs is 4. The maximum Gasteiger partial charge on any atom is 0.414 e. The zero-order valence-electron chi connectivity index (χ0n) is 25.9. The first-order valence-corrected chi connectivity index (χ1v) is 15.5. The van der Waals surface area contributed by atoms with Crippen LogP contribution in [0.3, 0.4) is 0 Å². The third kappa shape index (κ3) is 6.65. The first-order valence-electron chi connectivity index (χ1n) is 15.5. The zero-order chi connectivity index (χ0) is 30.8. The van der Waals surface area contributed by atoms with Crippen molar-refractivity contribution in [2.24, 2.45) is 0 Å². The van der Waals surface area contributed by atoms with E-state index in [0.29, 0.717) is 6.54 Å². The van der Waals surface area contributed by atoms with E-state index in [1.54, 1.807) is 23.1 Å². The van der Waals surface area contributed by atoms with E-state index in [1.807, 2.05) is 39.0 Å². The summed E-state index contributed by atoms with van der Waals surface area (Å²) >= 11 is 0. The Hall–Kier alpha value is -3.23. The number of carbonyl (C=O) groups is 1. The third-order valence-corrected chi connectivity index (χ3v) is 9.47. The largest absolute Gasteiger partial charge is 0.443 e. The lowest BCUT2D eigenvalue weighted by Crippen LogP contribution is -2.46. The molecule has 4 heterocycles. The number of anilines is 2. The van der Waals surface area contributed by atoms with Crippen LogP contribution in [0, 0.1) is 11.6 Å². The summed E-state index contributed by atoms with van der Waals surface area (Å²) in [4.78, 5) is 19.1. The number of amides is 1. The summed E-state index contributed by atoms with van der Waals surface area (Å²) in [7, 11) is 0. The summed E-state index contributed by atoms with van der Waals surface area (Å²) < 4.78 is 33.0. The molecular weight excluding hydrogens is 546 g/mol. The van der Waals surface area contributed by atoms with E-state index in [0.717, 1.165) is 88.4 Å². The second-order valence-electron chi connectivity index (χ2n) is 13.5. The fraction of sp³-hybridized carbons (Fsp3) is 0.514. The summed E-state index contributed by atoms with van der Waals surface area (Å²) in [6.07, 6.45) is 7.51. The lowest BCUT2D eigenvalue weighted by atomic mass is 9.74. The maximum absolute atomic E-state index is 13.9. The molecule has 0 radical (unpaired) electrons. The molecule has 1 N–H and O–H groups in total. The van der Waals surface area contributed by atoms with Gasteiger partial charge in [0.1, 0.15) is 17.2 Å². The van der Waals surface area contributed by atoms with Gasteiger partial charge >= 0.3 is 6.09 Å². The van der Waals surface area contributed by atoms with Crippen molar-refractivity contribution in [3.63, 3.8) is 0 Å². The summed E-state index contributed by atoms with van der Waals surface area (Å²) in [6, 6.07) is 9.86. The normalized spacial score (nSPS) is 20.5. The highest BCUT2D eigenvalue weighted by molar-refractivity contribution is 5.91. The van der Waals surface area contributed by atoms with E-state index >= 15 is 0 Å². The number of carbonyl (C=O) groups excluding carboxylic acids is 1. The number of rotatable bonds is 4. The monoisotopic (exact) mass is 592 g/mol. The maximum atomic E-state index is 13.9. The van der Waals surface area contributed by atoms with Gasteiger partial charge in [-0.05, 0) is 120 Å². The quantitative estimate of drug-likeness (QED) is 0.393. The van der Waals surface area contributed by atoms with E-state index in [2.05, 4.69) is 28.3 Å². The minimum absolute atomic E-state index is 0.120. The number of halogens is 2. The van der Waals surface area contributed by atoms with Crippen LogP contribution < -0.4 is 10.2 Å². The van der Waals surface area contributed by atoms with E-state index in [9.17, 15) is 13.6 Å². The molecule has 6 rings (SSSR count). The highest BCUT2D eigenvalue weighted by Crippen LogP contribution is 2.48. The molecule has 2 saturated heterocycles. The van der Waals surface area contributed by atoms with Gasteiger partial charge < -0.3 is 10.1 Å². The number of hydrogen-bond acceptors (Lipinski definition) is 5. The standard InChI is InChI=1S/C20H27FN2O2.C15H19FN2/c1-5-10-22-11-8-20(9-12-22)14-23(18(24)25-19(2,3)4)17-7-6-15(21)13-16(17)20;1-2-7-18-8-5-15(6-9-18)11-17-14-4-3-12(16)10-13(14)15/h5-7,13H,1,8-12,14H2,2-4H3;2-4,10,17H,1,5-9,11H2. The SMILES string of the molecule is C=CCN1CCC2(CC1)CN(C(=O)OC(C)(C)C)c1ccc(F)cc12.C=CCN1CCC2(CC1)CNc1ccc(F)cc12. The Morgan fingerprint density at radius 1 is 0.884 bits per heavy atom. The first-order chi connectivity index (χ1) is 20.5. The number of nitrogens with one attached hydrogen (secondary N) is 1. The number of nitrogens with zero attached hydrogens (tertiary/aromatic N) is 3. The second kappa shape index (κ2) is 12.4. The molecule has 0 unspecified atom stereocenters. The fourth-order valence-electron chi connectivity index (χ4n) is 7.16. The lowest BCUT2D eigenvalue weighted by Gasteiger charge is -2.39. The van der Waals surface area contributed by atoms with Crippen LogP contribution in [0.5, 0.6) is 0 Å². The average molecular weight is 593 g/mol. The first kappa shape index (κ1) is 31.2. The van der Waals surface area contributed by atoms with Gasteiger partial charge in [0.15, 0.2) is 0 Å². The van der Waals surface area contributed by atoms with Gasteiger partial charge in [-0.2, -0.15) is 0 Å². The molecule has 1 amide bonds. The number of piperidine rings is 2. The lowest BCUT2D eigenvalue weighted by molar-refractivity contribution is 0.0572. The van der Waals surface area contributed by atoms with Crippen molar-refractivity contribution in [1.29, 1.82) is 0 Å². The van der Waals surface area contributed by atoms with E-state index < -0.39 is 5.60 Å². The number of benzene rings is 2. The number of likely N-dealkylation sites (tertiary alicyclic amines) is 2. The summed E-state index contributed by atoms with van der Waals surface area (Å²) in [5, 5.41) is 3.43. The Kier molecular flexibility index (Phi) is 9.00. The van der Waals surface area contributed by atoms with Crippen LogP contribution in [0.25, 0.3) is 0 Å². The Morgan fingerprint density at radius 3 is 1.98 bits per heavy atom. The van der Waals surface area contributed by atoms with Gasteiger partial charge in [-0.15, -0.1) is 13.2 Å². The molecule has 2 aromatic carbocycles. The van der Waals surface area contributed by atoms with Crippen molar-refractivity contribution in [2.75, 3.05) is 62.6 Å². The van der Waals surface area contributed by atoms with Gasteiger partial charge in [0, 0.05) is 42.7 Å². The van der Waals surface area contributed by atoms with Crippen molar-refractivity contribution in [1.82, 2.24) is 9.80 Å². The Balaban J connectivity index is 0.000000180. The van der Waals surface area contributed by atoms with Crippen molar-refractivity contribution < 1.29 is 18.3 Å². The van der Waals surface area contributed by atoms with Gasteiger partial charge in [-0.3, -0.25) is 14.7 Å². The molecule has 43 heavy (non-hydrogen) atoms. The van der Waals surface area contributed by atoms with Crippen LogP contribution in [0.2, 0.25) is 0 Å². The highest BCUT2D eigenvalue weighted by atomic mass is 19.1. The molecule has 4 aliphatic heterocycles.